The van der Waals surface area contributed by atoms with E-state index in [2.05, 4.69) is 9.97 Å². The van der Waals surface area contributed by atoms with E-state index in [0.29, 0.717) is 30.7 Å². The standard InChI is InChI=1S/C19H22N2O2/c1-13(2)11-19(23)17-6-4-5-16(21-17)18(22)10-9-15-8-7-14(3)20-12-15/h4-8,12-13H,9-11H2,1-3H3. The number of pyridine rings is 2. The minimum atomic E-state index is -0.0511. The van der Waals surface area contributed by atoms with Crippen LogP contribution in [0.3, 0.4) is 0 Å². The highest BCUT2D eigenvalue weighted by Gasteiger charge is 2.13. The second-order valence-corrected chi connectivity index (χ2v) is 6.16. The molecule has 2 aromatic rings. The molecule has 2 heterocycles. The lowest BCUT2D eigenvalue weighted by atomic mass is 10.0. The van der Waals surface area contributed by atoms with E-state index in [0.717, 1.165) is 11.3 Å². The highest BCUT2D eigenvalue weighted by atomic mass is 16.1. The first-order valence-electron chi connectivity index (χ1n) is 7.90. The van der Waals surface area contributed by atoms with Crippen molar-refractivity contribution < 1.29 is 9.59 Å². The van der Waals surface area contributed by atoms with Crippen LogP contribution in [0.2, 0.25) is 0 Å². The summed E-state index contributed by atoms with van der Waals surface area (Å²) in [7, 11) is 0. The number of carbonyl (C=O) groups excluding carboxylic acids is 2. The van der Waals surface area contributed by atoms with Crippen molar-refractivity contribution in [2.45, 2.75) is 40.0 Å². The van der Waals surface area contributed by atoms with Crippen LogP contribution in [0.25, 0.3) is 0 Å². The molecule has 0 bridgehead atoms. The fraction of sp³-hybridized carbons (Fsp3) is 0.368. The zero-order chi connectivity index (χ0) is 16.8. The molecule has 0 aliphatic heterocycles. The molecule has 0 spiro atoms. The molecule has 4 nitrogen and oxygen atoms in total. The van der Waals surface area contributed by atoms with Gasteiger partial charge in [0.1, 0.15) is 11.4 Å². The molecule has 0 unspecified atom stereocenters. The van der Waals surface area contributed by atoms with Gasteiger partial charge in [-0.2, -0.15) is 0 Å². The highest BCUT2D eigenvalue weighted by molar-refractivity contribution is 5.98. The van der Waals surface area contributed by atoms with Crippen molar-refractivity contribution in [3.63, 3.8) is 0 Å². The number of carbonyl (C=O) groups is 2. The van der Waals surface area contributed by atoms with Crippen LogP contribution in [0.4, 0.5) is 0 Å². The SMILES string of the molecule is Cc1ccc(CCC(=O)c2cccc(C(=O)CC(C)C)n2)cn1. The molecule has 2 rings (SSSR count). The summed E-state index contributed by atoms with van der Waals surface area (Å²) in [6.07, 6.45) is 3.22. The molecule has 120 valence electrons. The maximum atomic E-state index is 12.3. The van der Waals surface area contributed by atoms with Crippen LogP contribution < -0.4 is 0 Å². The number of aryl methyl sites for hydroxylation is 2. The molecule has 4 heteroatoms. The van der Waals surface area contributed by atoms with Gasteiger partial charge < -0.3 is 0 Å². The Morgan fingerprint density at radius 3 is 2.35 bits per heavy atom. The smallest absolute Gasteiger partial charge is 0.181 e. The van der Waals surface area contributed by atoms with Crippen LogP contribution >= 0.6 is 0 Å². The zero-order valence-electron chi connectivity index (χ0n) is 13.9. The average Bonchev–Trinajstić information content (AvgIpc) is 2.53. The predicted molar refractivity (Wildman–Crippen MR) is 89.6 cm³/mol. The van der Waals surface area contributed by atoms with Crippen LogP contribution in [0.1, 0.15) is 58.9 Å². The van der Waals surface area contributed by atoms with Crippen molar-refractivity contribution in [2.24, 2.45) is 5.92 Å². The van der Waals surface area contributed by atoms with Gasteiger partial charge in [0.05, 0.1) is 0 Å². The lowest BCUT2D eigenvalue weighted by molar-refractivity contribution is 0.0962. The molecular weight excluding hydrogens is 288 g/mol. The molecule has 0 aromatic carbocycles. The molecule has 0 N–H and O–H groups in total. The summed E-state index contributed by atoms with van der Waals surface area (Å²) in [5.74, 6) is 0.208. The molecule has 0 saturated heterocycles. The molecule has 0 fully saturated rings. The van der Waals surface area contributed by atoms with Crippen molar-refractivity contribution >= 4 is 11.6 Å². The number of nitrogens with zero attached hydrogens (tertiary/aromatic N) is 2. The third kappa shape index (κ3) is 5.09. The second-order valence-electron chi connectivity index (χ2n) is 6.16. The van der Waals surface area contributed by atoms with Gasteiger partial charge in [0.15, 0.2) is 11.6 Å². The Morgan fingerprint density at radius 2 is 1.74 bits per heavy atom. The lowest BCUT2D eigenvalue weighted by Crippen LogP contribution is -2.10. The van der Waals surface area contributed by atoms with Crippen LogP contribution in [0.15, 0.2) is 36.5 Å². The number of Topliss-reactive ketones (excluding diaryl/α,β-unsaturated/α-hetero) is 2. The van der Waals surface area contributed by atoms with Crippen LogP contribution in [0.5, 0.6) is 0 Å². The molecule has 0 radical (unpaired) electrons. The van der Waals surface area contributed by atoms with E-state index in [1.807, 2.05) is 32.9 Å². The second kappa shape index (κ2) is 7.77. The normalized spacial score (nSPS) is 10.8. The van der Waals surface area contributed by atoms with Gasteiger partial charge in [0.2, 0.25) is 0 Å². The van der Waals surface area contributed by atoms with Crippen LogP contribution in [-0.4, -0.2) is 21.5 Å². The Kier molecular flexibility index (Phi) is 5.74. The van der Waals surface area contributed by atoms with Gasteiger partial charge >= 0.3 is 0 Å². The van der Waals surface area contributed by atoms with Crippen LogP contribution in [0, 0.1) is 12.8 Å². The highest BCUT2D eigenvalue weighted by Crippen LogP contribution is 2.11. The van der Waals surface area contributed by atoms with Gasteiger partial charge in [-0.1, -0.05) is 26.0 Å². The predicted octanol–water partition coefficient (Wildman–Crippen LogP) is 3.83. The van der Waals surface area contributed by atoms with Gasteiger partial charge in [-0.05, 0) is 43.0 Å². The Balaban J connectivity index is 2.02. The Bertz CT molecular complexity index is 691. The molecule has 0 aliphatic rings. The summed E-state index contributed by atoms with van der Waals surface area (Å²) >= 11 is 0. The minimum Gasteiger partial charge on any atom is -0.292 e. The third-order valence-corrected chi connectivity index (χ3v) is 3.53. The van der Waals surface area contributed by atoms with E-state index in [4.69, 9.17) is 0 Å². The fourth-order valence-electron chi connectivity index (χ4n) is 2.25. The fourth-order valence-corrected chi connectivity index (χ4v) is 2.25. The number of rotatable bonds is 7. The molecule has 23 heavy (non-hydrogen) atoms. The summed E-state index contributed by atoms with van der Waals surface area (Å²) in [5, 5.41) is 0. The molecule has 0 saturated carbocycles. The zero-order valence-corrected chi connectivity index (χ0v) is 13.9. The van der Waals surface area contributed by atoms with Gasteiger partial charge in [-0.15, -0.1) is 0 Å². The Labute approximate surface area is 137 Å². The maximum absolute atomic E-state index is 12.3. The maximum Gasteiger partial charge on any atom is 0.181 e. The van der Waals surface area contributed by atoms with Gasteiger partial charge in [-0.3, -0.25) is 14.6 Å². The summed E-state index contributed by atoms with van der Waals surface area (Å²) in [5.41, 5.74) is 2.72. The minimum absolute atomic E-state index is 0.0163. The largest absolute Gasteiger partial charge is 0.292 e. The molecular formula is C19H22N2O2. The Morgan fingerprint density at radius 1 is 1.04 bits per heavy atom. The quantitative estimate of drug-likeness (QED) is 0.729. The van der Waals surface area contributed by atoms with Gasteiger partial charge in [-0.25, -0.2) is 4.98 Å². The molecule has 0 amide bonds. The average molecular weight is 310 g/mol. The van der Waals surface area contributed by atoms with E-state index in [-0.39, 0.29) is 17.5 Å². The molecule has 0 aliphatic carbocycles. The topological polar surface area (TPSA) is 59.9 Å². The number of hydrogen-bond donors (Lipinski definition) is 0. The molecule has 0 atom stereocenters. The lowest BCUT2D eigenvalue weighted by Gasteiger charge is -2.06. The number of hydrogen-bond acceptors (Lipinski definition) is 4. The Hall–Kier alpha value is -2.36. The van der Waals surface area contributed by atoms with E-state index in [1.165, 1.54) is 0 Å². The summed E-state index contributed by atoms with van der Waals surface area (Å²) in [4.78, 5) is 32.8. The van der Waals surface area contributed by atoms with Crippen LogP contribution in [-0.2, 0) is 6.42 Å². The first-order valence-corrected chi connectivity index (χ1v) is 7.90. The van der Waals surface area contributed by atoms with E-state index >= 15 is 0 Å². The van der Waals surface area contributed by atoms with E-state index < -0.39 is 0 Å². The van der Waals surface area contributed by atoms with E-state index in [1.54, 1.807) is 24.4 Å². The molecule has 2 aromatic heterocycles. The number of ketones is 2. The first-order chi connectivity index (χ1) is 11.0. The van der Waals surface area contributed by atoms with Crippen molar-refractivity contribution in [1.29, 1.82) is 0 Å². The first kappa shape index (κ1) is 17.0. The number of aromatic nitrogens is 2. The van der Waals surface area contributed by atoms with Gasteiger partial charge in [0, 0.05) is 24.7 Å². The summed E-state index contributed by atoms with van der Waals surface area (Å²) in [6.45, 7) is 5.91. The monoisotopic (exact) mass is 310 g/mol. The van der Waals surface area contributed by atoms with Crippen molar-refractivity contribution in [3.8, 4) is 0 Å². The van der Waals surface area contributed by atoms with E-state index in [9.17, 15) is 9.59 Å². The summed E-state index contributed by atoms with van der Waals surface area (Å²) < 4.78 is 0. The third-order valence-electron chi connectivity index (χ3n) is 3.53. The van der Waals surface area contributed by atoms with Crippen molar-refractivity contribution in [1.82, 2.24) is 9.97 Å². The summed E-state index contributed by atoms with van der Waals surface area (Å²) in [6, 6.07) is 8.98. The van der Waals surface area contributed by atoms with Crippen molar-refractivity contribution in [3.05, 3.63) is 59.2 Å². The van der Waals surface area contributed by atoms with Gasteiger partial charge in [0.25, 0.3) is 0 Å². The van der Waals surface area contributed by atoms with Crippen molar-refractivity contribution in [2.75, 3.05) is 0 Å².